The second-order valence-corrected chi connectivity index (χ2v) is 6.41. The van der Waals surface area contributed by atoms with Gasteiger partial charge in [-0.2, -0.15) is 13.2 Å². The van der Waals surface area contributed by atoms with Crippen molar-refractivity contribution in [3.05, 3.63) is 88.7 Å². The monoisotopic (exact) mass is 431 g/mol. The maximum Gasteiger partial charge on any atom is 0.417 e. The fraction of sp³-hybridized carbons (Fsp3) is 0.0476. The van der Waals surface area contributed by atoms with Gasteiger partial charge in [-0.05, 0) is 54.6 Å². The topological polar surface area (TPSA) is 54.7 Å². The van der Waals surface area contributed by atoms with E-state index in [0.717, 1.165) is 12.1 Å². The first kappa shape index (κ1) is 21.0. The van der Waals surface area contributed by atoms with E-state index in [1.165, 1.54) is 6.07 Å². The summed E-state index contributed by atoms with van der Waals surface area (Å²) in [7, 11) is 0. The van der Waals surface area contributed by atoms with Gasteiger partial charge in [-0.1, -0.05) is 23.7 Å². The summed E-state index contributed by atoms with van der Waals surface area (Å²) in [5.74, 6) is 1.05. The minimum atomic E-state index is -4.63. The van der Waals surface area contributed by atoms with E-state index < -0.39 is 22.8 Å². The van der Waals surface area contributed by atoms with Crippen LogP contribution in [0.2, 0.25) is 5.02 Å². The number of rotatable bonds is 4. The van der Waals surface area contributed by atoms with Crippen molar-refractivity contribution in [3.63, 3.8) is 0 Å². The van der Waals surface area contributed by atoms with Crippen LogP contribution < -0.4 is 15.4 Å². The Balaban J connectivity index is 1.61. The number of nitrogens with one attached hydrogen (secondary N) is 2. The Hall–Kier alpha value is -3.70. The van der Waals surface area contributed by atoms with Crippen LogP contribution in [-0.4, -0.2) is 6.03 Å². The van der Waals surface area contributed by atoms with E-state index in [9.17, 15) is 18.0 Å². The molecule has 0 bridgehead atoms. The minimum absolute atomic E-state index is 0.0490. The van der Waals surface area contributed by atoms with Gasteiger partial charge < -0.3 is 15.4 Å². The quantitative estimate of drug-likeness (QED) is 0.424. The summed E-state index contributed by atoms with van der Waals surface area (Å²) in [5.41, 5.74) is -0.177. The van der Waals surface area contributed by atoms with E-state index in [0.29, 0.717) is 22.9 Å². The molecule has 0 saturated carbocycles. The molecule has 3 aromatic rings. The van der Waals surface area contributed by atoms with Gasteiger partial charge in [0.1, 0.15) is 11.5 Å². The number of alkyl halides is 3. The molecule has 0 saturated heterocycles. The normalized spacial score (nSPS) is 10.8. The minimum Gasteiger partial charge on any atom is -0.457 e. The number of nitrogens with zero attached hydrogens (tertiary/aromatic N) is 1. The summed E-state index contributed by atoms with van der Waals surface area (Å²) in [5, 5.41) is 4.40. The maximum absolute atomic E-state index is 12.9. The molecule has 0 aromatic heterocycles. The van der Waals surface area contributed by atoms with E-state index >= 15 is 0 Å². The number of hydrogen-bond acceptors (Lipinski definition) is 2. The van der Waals surface area contributed by atoms with Crippen molar-refractivity contribution in [2.24, 2.45) is 0 Å². The Labute approximate surface area is 174 Å². The van der Waals surface area contributed by atoms with Crippen LogP contribution in [0.4, 0.5) is 35.0 Å². The lowest BCUT2D eigenvalue weighted by Gasteiger charge is -2.12. The first-order valence-electron chi connectivity index (χ1n) is 8.45. The molecule has 3 rings (SSSR count). The van der Waals surface area contributed by atoms with E-state index in [2.05, 4.69) is 15.5 Å². The molecule has 0 atom stereocenters. The molecule has 0 spiro atoms. The first-order chi connectivity index (χ1) is 14.2. The van der Waals surface area contributed by atoms with Gasteiger partial charge >= 0.3 is 12.2 Å². The lowest BCUT2D eigenvalue weighted by atomic mass is 10.2. The number of carbonyl (C=O) groups excluding carboxylic acids is 1. The number of anilines is 2. The van der Waals surface area contributed by atoms with Crippen LogP contribution in [0.3, 0.4) is 0 Å². The Morgan fingerprint density at radius 1 is 0.900 bits per heavy atom. The highest BCUT2D eigenvalue weighted by Gasteiger charge is 2.33. The van der Waals surface area contributed by atoms with Crippen molar-refractivity contribution >= 4 is 34.7 Å². The van der Waals surface area contributed by atoms with E-state index in [4.69, 9.17) is 22.9 Å². The molecular weight excluding hydrogens is 419 g/mol. The van der Waals surface area contributed by atoms with Crippen LogP contribution in [0.5, 0.6) is 11.5 Å². The molecular formula is C21H13ClF3N3O2. The number of ether oxygens (including phenoxy) is 1. The largest absolute Gasteiger partial charge is 0.457 e. The molecule has 2 N–H and O–H groups in total. The van der Waals surface area contributed by atoms with Crippen LogP contribution >= 0.6 is 11.6 Å². The molecule has 152 valence electrons. The average Bonchev–Trinajstić information content (AvgIpc) is 2.70. The van der Waals surface area contributed by atoms with E-state index in [1.54, 1.807) is 48.5 Å². The zero-order valence-electron chi connectivity index (χ0n) is 15.1. The molecule has 5 nitrogen and oxygen atoms in total. The fourth-order valence-electron chi connectivity index (χ4n) is 2.44. The van der Waals surface area contributed by atoms with E-state index in [1.807, 2.05) is 0 Å². The molecule has 30 heavy (non-hydrogen) atoms. The molecule has 0 unspecified atom stereocenters. The Kier molecular flexibility index (Phi) is 6.14. The highest BCUT2D eigenvalue weighted by atomic mass is 35.5. The summed E-state index contributed by atoms with van der Waals surface area (Å²) in [6.45, 7) is 6.92. The molecule has 2 amide bonds. The average molecular weight is 432 g/mol. The predicted molar refractivity (Wildman–Crippen MR) is 108 cm³/mol. The van der Waals surface area contributed by atoms with Crippen molar-refractivity contribution in [1.29, 1.82) is 0 Å². The molecule has 0 fully saturated rings. The van der Waals surface area contributed by atoms with Crippen LogP contribution in [0.1, 0.15) is 5.56 Å². The highest BCUT2D eigenvalue weighted by Crippen LogP contribution is 2.36. The van der Waals surface area contributed by atoms with Crippen LogP contribution in [-0.2, 0) is 6.18 Å². The molecule has 0 heterocycles. The summed E-state index contributed by atoms with van der Waals surface area (Å²) in [6, 6.07) is 15.3. The number of urea groups is 1. The molecule has 9 heteroatoms. The first-order valence-corrected chi connectivity index (χ1v) is 8.82. The summed E-state index contributed by atoms with van der Waals surface area (Å²) < 4.78 is 44.4. The van der Waals surface area contributed by atoms with Crippen molar-refractivity contribution in [2.45, 2.75) is 6.18 Å². The van der Waals surface area contributed by atoms with Gasteiger partial charge in [0.05, 0.1) is 17.2 Å². The highest BCUT2D eigenvalue weighted by molar-refractivity contribution is 6.31. The van der Waals surface area contributed by atoms with Crippen molar-refractivity contribution in [3.8, 4) is 11.5 Å². The molecule has 3 aromatic carbocycles. The summed E-state index contributed by atoms with van der Waals surface area (Å²) >= 11 is 5.56. The molecule has 0 radical (unpaired) electrons. The Morgan fingerprint density at radius 3 is 2.00 bits per heavy atom. The standard InChI is InChI=1S/C21H13ClF3N3O2/c1-26-13-2-7-16(8-3-13)30-17-9-4-14(5-10-17)27-20(29)28-15-6-11-19(22)18(12-15)21(23,24)25/h2-12H,(H2,27,28,29). The van der Waals surface area contributed by atoms with Gasteiger partial charge in [0.25, 0.3) is 0 Å². The Bertz CT molecular complexity index is 1090. The number of amides is 2. The number of benzene rings is 3. The van der Waals surface area contributed by atoms with E-state index in [-0.39, 0.29) is 5.69 Å². The van der Waals surface area contributed by atoms with Crippen LogP contribution in [0, 0.1) is 6.57 Å². The Morgan fingerprint density at radius 2 is 1.43 bits per heavy atom. The lowest BCUT2D eigenvalue weighted by molar-refractivity contribution is -0.137. The SMILES string of the molecule is [C-]#[N+]c1ccc(Oc2ccc(NC(=O)Nc3ccc(Cl)c(C(F)(F)F)c3)cc2)cc1. The number of halogens is 4. The van der Waals surface area contributed by atoms with Crippen LogP contribution in [0.25, 0.3) is 4.85 Å². The van der Waals surface area contributed by atoms with Crippen LogP contribution in [0.15, 0.2) is 66.7 Å². The lowest BCUT2D eigenvalue weighted by Crippen LogP contribution is -2.19. The third-order valence-electron chi connectivity index (χ3n) is 3.84. The van der Waals surface area contributed by atoms with Gasteiger partial charge in [-0.15, -0.1) is 0 Å². The third-order valence-corrected chi connectivity index (χ3v) is 4.17. The van der Waals surface area contributed by atoms with Crippen molar-refractivity contribution in [1.82, 2.24) is 0 Å². The molecule has 0 aliphatic heterocycles. The number of carbonyl (C=O) groups is 1. The molecule has 0 aliphatic carbocycles. The summed E-state index contributed by atoms with van der Waals surface area (Å²) in [6.07, 6.45) is -4.63. The maximum atomic E-state index is 12.9. The van der Waals surface area contributed by atoms with Gasteiger partial charge in [-0.3, -0.25) is 0 Å². The zero-order chi connectivity index (χ0) is 21.7. The fourth-order valence-corrected chi connectivity index (χ4v) is 2.67. The third kappa shape index (κ3) is 5.43. The van der Waals surface area contributed by atoms with Gasteiger partial charge in [0.15, 0.2) is 5.69 Å². The van der Waals surface area contributed by atoms with Gasteiger partial charge in [-0.25, -0.2) is 9.64 Å². The summed E-state index contributed by atoms with van der Waals surface area (Å²) in [4.78, 5) is 15.4. The molecule has 0 aliphatic rings. The van der Waals surface area contributed by atoms with Crippen molar-refractivity contribution < 1.29 is 22.7 Å². The smallest absolute Gasteiger partial charge is 0.417 e. The second kappa shape index (κ2) is 8.76. The predicted octanol–water partition coefficient (Wildman–Crippen LogP) is 7.35. The number of hydrogen-bond donors (Lipinski definition) is 2. The second-order valence-electron chi connectivity index (χ2n) is 6.00. The van der Waals surface area contributed by atoms with Gasteiger partial charge in [0, 0.05) is 11.4 Å². The van der Waals surface area contributed by atoms with Crippen molar-refractivity contribution in [2.75, 3.05) is 10.6 Å². The van der Waals surface area contributed by atoms with Gasteiger partial charge in [0.2, 0.25) is 0 Å². The zero-order valence-corrected chi connectivity index (χ0v) is 15.9.